The number of sulfonamides is 1. The van der Waals surface area contributed by atoms with Crippen LogP contribution >= 0.6 is 0 Å². The molecule has 1 unspecified atom stereocenters. The first-order chi connectivity index (χ1) is 6.57. The zero-order chi connectivity index (χ0) is 10.6. The normalized spacial score (nSPS) is 20.4. The summed E-state index contributed by atoms with van der Waals surface area (Å²) in [7, 11) is -1.59. The molecule has 0 aromatic rings. The van der Waals surface area contributed by atoms with Crippen molar-refractivity contribution >= 4 is 10.0 Å². The number of hydrogen-bond donors (Lipinski definition) is 1. The summed E-state index contributed by atoms with van der Waals surface area (Å²) < 4.78 is 30.9. The Hall–Kier alpha value is -0.130. The summed E-state index contributed by atoms with van der Waals surface area (Å²) >= 11 is 0. The molecule has 1 aliphatic carbocycles. The summed E-state index contributed by atoms with van der Waals surface area (Å²) in [5.74, 6) is 0.0799. The molecule has 0 radical (unpaired) electrons. The maximum Gasteiger partial charge on any atom is 0.214 e. The van der Waals surface area contributed by atoms with Crippen molar-refractivity contribution < 1.29 is 13.2 Å². The average Bonchev–Trinajstić information content (AvgIpc) is 2.08. The quantitative estimate of drug-likeness (QED) is 0.724. The van der Waals surface area contributed by atoms with Gasteiger partial charge in [-0.05, 0) is 19.3 Å². The van der Waals surface area contributed by atoms with Crippen LogP contribution in [0.5, 0.6) is 0 Å². The van der Waals surface area contributed by atoms with Crippen molar-refractivity contribution in [3.05, 3.63) is 0 Å². The molecule has 14 heavy (non-hydrogen) atoms. The molecule has 84 valence electrons. The van der Waals surface area contributed by atoms with E-state index in [4.69, 9.17) is 4.74 Å². The van der Waals surface area contributed by atoms with Gasteiger partial charge in [-0.3, -0.25) is 0 Å². The van der Waals surface area contributed by atoms with E-state index in [2.05, 4.69) is 4.72 Å². The minimum absolute atomic E-state index is 0.0799. The lowest BCUT2D eigenvalue weighted by molar-refractivity contribution is 0.117. The van der Waals surface area contributed by atoms with Gasteiger partial charge >= 0.3 is 0 Å². The molecule has 0 aromatic carbocycles. The van der Waals surface area contributed by atoms with Crippen LogP contribution in [0.1, 0.15) is 32.6 Å². The zero-order valence-corrected chi connectivity index (χ0v) is 9.64. The van der Waals surface area contributed by atoms with Crippen molar-refractivity contribution in [3.8, 4) is 0 Å². The van der Waals surface area contributed by atoms with Gasteiger partial charge < -0.3 is 4.74 Å². The van der Waals surface area contributed by atoms with E-state index < -0.39 is 10.0 Å². The molecule has 4 nitrogen and oxygen atoms in total. The van der Waals surface area contributed by atoms with Gasteiger partial charge in [0.1, 0.15) is 0 Å². The van der Waals surface area contributed by atoms with Crippen LogP contribution in [-0.2, 0) is 14.8 Å². The maximum atomic E-state index is 11.6. The molecule has 0 saturated heterocycles. The fourth-order valence-corrected chi connectivity index (χ4v) is 3.13. The lowest BCUT2D eigenvalue weighted by atomic mass is 9.94. The van der Waals surface area contributed by atoms with Crippen molar-refractivity contribution in [2.75, 3.05) is 12.9 Å². The SMILES string of the molecule is CCC(CS(=O)(=O)NC1CCC1)OC. The first kappa shape index (κ1) is 11.9. The highest BCUT2D eigenvalue weighted by Gasteiger charge is 2.25. The second kappa shape index (κ2) is 5.09. The standard InChI is InChI=1S/C9H19NO3S/c1-3-9(13-2)7-14(11,12)10-8-5-4-6-8/h8-10H,3-7H2,1-2H3. The molecule has 0 aliphatic heterocycles. The van der Waals surface area contributed by atoms with E-state index in [0.717, 1.165) is 25.7 Å². The molecule has 1 N–H and O–H groups in total. The van der Waals surface area contributed by atoms with E-state index in [9.17, 15) is 8.42 Å². The molecular formula is C9H19NO3S. The molecular weight excluding hydrogens is 202 g/mol. The Bertz CT molecular complexity index is 255. The molecule has 1 saturated carbocycles. The smallest absolute Gasteiger partial charge is 0.214 e. The Morgan fingerprint density at radius 2 is 2.14 bits per heavy atom. The van der Waals surface area contributed by atoms with Crippen LogP contribution in [0.2, 0.25) is 0 Å². The molecule has 1 atom stereocenters. The fourth-order valence-electron chi connectivity index (χ4n) is 1.43. The van der Waals surface area contributed by atoms with Crippen LogP contribution in [0.15, 0.2) is 0 Å². The van der Waals surface area contributed by atoms with Gasteiger partial charge in [0.15, 0.2) is 0 Å². The molecule has 5 heteroatoms. The summed E-state index contributed by atoms with van der Waals surface area (Å²) in [4.78, 5) is 0. The first-order valence-electron chi connectivity index (χ1n) is 5.10. The second-order valence-electron chi connectivity index (χ2n) is 3.79. The highest BCUT2D eigenvalue weighted by molar-refractivity contribution is 7.89. The molecule has 0 aromatic heterocycles. The van der Waals surface area contributed by atoms with Gasteiger partial charge in [-0.1, -0.05) is 13.3 Å². The Kier molecular flexibility index (Phi) is 4.34. The van der Waals surface area contributed by atoms with Crippen LogP contribution in [0.25, 0.3) is 0 Å². The van der Waals surface area contributed by atoms with Crippen molar-refractivity contribution in [1.29, 1.82) is 0 Å². The van der Waals surface area contributed by atoms with E-state index in [-0.39, 0.29) is 17.9 Å². The molecule has 1 fully saturated rings. The number of ether oxygens (including phenoxy) is 1. The Balaban J connectivity index is 2.39. The monoisotopic (exact) mass is 221 g/mol. The van der Waals surface area contributed by atoms with Gasteiger partial charge in [0, 0.05) is 13.2 Å². The van der Waals surface area contributed by atoms with E-state index in [0.29, 0.717) is 0 Å². The van der Waals surface area contributed by atoms with Crippen molar-refractivity contribution in [3.63, 3.8) is 0 Å². The third kappa shape index (κ3) is 3.55. The number of nitrogens with one attached hydrogen (secondary N) is 1. The van der Waals surface area contributed by atoms with Gasteiger partial charge in [0.2, 0.25) is 10.0 Å². The average molecular weight is 221 g/mol. The van der Waals surface area contributed by atoms with Crippen molar-refractivity contribution in [1.82, 2.24) is 4.72 Å². The number of hydrogen-bond acceptors (Lipinski definition) is 3. The summed E-state index contributed by atoms with van der Waals surface area (Å²) in [5, 5.41) is 0. The van der Waals surface area contributed by atoms with E-state index in [1.165, 1.54) is 0 Å². The van der Waals surface area contributed by atoms with Gasteiger partial charge in [-0.25, -0.2) is 13.1 Å². The third-order valence-electron chi connectivity index (χ3n) is 2.65. The maximum absolute atomic E-state index is 11.6. The number of rotatable bonds is 6. The summed E-state index contributed by atoms with van der Waals surface area (Å²) in [6.07, 6.45) is 3.62. The topological polar surface area (TPSA) is 55.4 Å². The minimum atomic E-state index is -3.14. The minimum Gasteiger partial charge on any atom is -0.380 e. The van der Waals surface area contributed by atoms with Crippen LogP contribution < -0.4 is 4.72 Å². The third-order valence-corrected chi connectivity index (χ3v) is 4.15. The van der Waals surface area contributed by atoms with Gasteiger partial charge in [-0.2, -0.15) is 0 Å². The largest absolute Gasteiger partial charge is 0.380 e. The Morgan fingerprint density at radius 1 is 1.50 bits per heavy atom. The molecule has 0 spiro atoms. The van der Waals surface area contributed by atoms with Crippen molar-refractivity contribution in [2.45, 2.75) is 44.8 Å². The highest BCUT2D eigenvalue weighted by atomic mass is 32.2. The van der Waals surface area contributed by atoms with E-state index in [1.807, 2.05) is 6.92 Å². The van der Waals surface area contributed by atoms with E-state index in [1.54, 1.807) is 7.11 Å². The fraction of sp³-hybridized carbons (Fsp3) is 1.00. The van der Waals surface area contributed by atoms with Crippen LogP contribution in [0.4, 0.5) is 0 Å². The van der Waals surface area contributed by atoms with Crippen LogP contribution in [-0.4, -0.2) is 33.4 Å². The number of methoxy groups -OCH3 is 1. The molecule has 0 bridgehead atoms. The highest BCUT2D eigenvalue weighted by Crippen LogP contribution is 2.19. The predicted molar refractivity (Wildman–Crippen MR) is 55.6 cm³/mol. The molecule has 1 aliphatic rings. The molecule has 0 heterocycles. The van der Waals surface area contributed by atoms with Crippen LogP contribution in [0.3, 0.4) is 0 Å². The lowest BCUT2D eigenvalue weighted by Gasteiger charge is -2.26. The zero-order valence-electron chi connectivity index (χ0n) is 8.82. The lowest BCUT2D eigenvalue weighted by Crippen LogP contribution is -2.42. The first-order valence-corrected chi connectivity index (χ1v) is 6.75. The van der Waals surface area contributed by atoms with Gasteiger partial charge in [0.25, 0.3) is 0 Å². The Labute approximate surface area is 86.1 Å². The predicted octanol–water partition coefficient (Wildman–Crippen LogP) is 0.883. The summed E-state index contributed by atoms with van der Waals surface area (Å²) in [6.45, 7) is 1.92. The van der Waals surface area contributed by atoms with Crippen LogP contribution in [0, 0.1) is 0 Å². The summed E-state index contributed by atoms with van der Waals surface area (Å²) in [6, 6.07) is 0.175. The molecule has 0 amide bonds. The van der Waals surface area contributed by atoms with Crippen molar-refractivity contribution in [2.24, 2.45) is 0 Å². The molecule has 1 rings (SSSR count). The van der Waals surface area contributed by atoms with Gasteiger partial charge in [-0.15, -0.1) is 0 Å². The Morgan fingerprint density at radius 3 is 2.50 bits per heavy atom. The van der Waals surface area contributed by atoms with Gasteiger partial charge in [0.05, 0.1) is 11.9 Å². The second-order valence-corrected chi connectivity index (χ2v) is 5.59. The summed E-state index contributed by atoms with van der Waals surface area (Å²) in [5.41, 5.74) is 0. The van der Waals surface area contributed by atoms with E-state index >= 15 is 0 Å².